The molecule has 7 nitrogen and oxygen atoms in total. The highest BCUT2D eigenvalue weighted by molar-refractivity contribution is 7.16. The van der Waals surface area contributed by atoms with Crippen LogP contribution in [0.2, 0.25) is 0 Å². The summed E-state index contributed by atoms with van der Waals surface area (Å²) < 4.78 is 19.3. The Morgan fingerprint density at radius 3 is 2.43 bits per heavy atom. The van der Waals surface area contributed by atoms with Crippen LogP contribution in [0.4, 0.5) is 9.52 Å². The molecule has 2 amide bonds. The van der Waals surface area contributed by atoms with Crippen LogP contribution >= 0.6 is 11.3 Å². The molecule has 3 saturated heterocycles. The number of hydrogen-bond acceptors (Lipinski definition) is 7. The molecule has 6 rings (SSSR count). The van der Waals surface area contributed by atoms with E-state index in [4.69, 9.17) is 9.57 Å². The van der Waals surface area contributed by atoms with Gasteiger partial charge in [-0.2, -0.15) is 0 Å². The van der Waals surface area contributed by atoms with E-state index in [-0.39, 0.29) is 23.5 Å². The van der Waals surface area contributed by atoms with Crippen LogP contribution in [-0.4, -0.2) is 40.8 Å². The van der Waals surface area contributed by atoms with Gasteiger partial charge in [0.1, 0.15) is 11.9 Å². The molecule has 28 heavy (non-hydrogen) atoms. The minimum Gasteiger partial charge on any atom is -0.389 e. The molecule has 0 aliphatic carbocycles. The number of benzene rings is 1. The first-order valence-corrected chi connectivity index (χ1v) is 9.81. The van der Waals surface area contributed by atoms with Crippen molar-refractivity contribution in [2.75, 3.05) is 4.90 Å². The molecule has 4 aliphatic heterocycles. The Balaban J connectivity index is 1.36. The second-order valence-corrected chi connectivity index (χ2v) is 8.67. The van der Waals surface area contributed by atoms with Crippen molar-refractivity contribution in [2.45, 2.75) is 25.2 Å². The van der Waals surface area contributed by atoms with Crippen molar-refractivity contribution < 1.29 is 23.6 Å². The van der Waals surface area contributed by atoms with Crippen molar-refractivity contribution in [2.24, 2.45) is 22.9 Å². The maximum atomic E-state index is 13.3. The quantitative estimate of drug-likeness (QED) is 0.721. The first kappa shape index (κ1) is 16.3. The molecule has 6 unspecified atom stereocenters. The van der Waals surface area contributed by atoms with E-state index in [2.05, 4.69) is 10.1 Å². The highest BCUT2D eigenvalue weighted by Crippen LogP contribution is 2.55. The Morgan fingerprint density at radius 2 is 1.75 bits per heavy atom. The number of thiazole rings is 1. The first-order valence-electron chi connectivity index (χ1n) is 9.00. The van der Waals surface area contributed by atoms with Gasteiger partial charge in [0.05, 0.1) is 29.6 Å². The molecule has 2 bridgehead atoms. The van der Waals surface area contributed by atoms with Gasteiger partial charge in [-0.15, -0.1) is 11.3 Å². The number of amides is 2. The summed E-state index contributed by atoms with van der Waals surface area (Å²) in [6.45, 7) is 1.88. The van der Waals surface area contributed by atoms with E-state index in [0.29, 0.717) is 10.8 Å². The predicted octanol–water partition coefficient (Wildman–Crippen LogP) is 1.90. The molecule has 0 saturated carbocycles. The lowest BCUT2D eigenvalue weighted by atomic mass is 9.71. The number of rotatable bonds is 2. The second-order valence-electron chi connectivity index (χ2n) is 7.46. The van der Waals surface area contributed by atoms with Crippen LogP contribution in [0, 0.1) is 30.5 Å². The second kappa shape index (κ2) is 5.45. The van der Waals surface area contributed by atoms with E-state index in [9.17, 15) is 14.0 Å². The van der Waals surface area contributed by atoms with Crippen molar-refractivity contribution in [1.82, 2.24) is 4.98 Å². The minimum absolute atomic E-state index is 0.258. The molecule has 5 heterocycles. The lowest BCUT2D eigenvalue weighted by Crippen LogP contribution is -2.45. The Bertz CT molecular complexity index is 1050. The fourth-order valence-corrected chi connectivity index (χ4v) is 5.62. The van der Waals surface area contributed by atoms with E-state index in [1.165, 1.54) is 28.4 Å². The number of ether oxygens (including phenoxy) is 1. The molecule has 3 fully saturated rings. The number of anilines is 1. The average Bonchev–Trinajstić information content (AvgIpc) is 3.44. The smallest absolute Gasteiger partial charge is 0.242 e. The molecule has 1 aromatic carbocycles. The van der Waals surface area contributed by atoms with Gasteiger partial charge in [0.15, 0.2) is 11.2 Å². The number of halogens is 1. The number of carbonyl (C=O) groups is 2. The molecular formula is C19H14FN3O4S. The number of hydrogen-bond donors (Lipinski definition) is 0. The number of nitrogens with zero attached hydrogens (tertiary/aromatic N) is 3. The molecule has 2 aromatic rings. The lowest BCUT2D eigenvalue weighted by Gasteiger charge is -2.26. The summed E-state index contributed by atoms with van der Waals surface area (Å²) in [5.41, 5.74) is 1.37. The van der Waals surface area contributed by atoms with Gasteiger partial charge in [-0.05, 0) is 19.1 Å². The SMILES string of the molecule is Cc1cnc(N2C(=O)C3C4OC(C5C(c6ccc(F)cc6)=NOC45)C3C2=O)s1. The van der Waals surface area contributed by atoms with Gasteiger partial charge in [0.2, 0.25) is 11.8 Å². The number of aryl methyl sites for hydroxylation is 1. The highest BCUT2D eigenvalue weighted by Gasteiger charge is 2.72. The minimum atomic E-state index is -0.578. The lowest BCUT2D eigenvalue weighted by molar-refractivity contribution is -0.125. The number of oxime groups is 1. The van der Waals surface area contributed by atoms with Gasteiger partial charge in [-0.1, -0.05) is 17.3 Å². The molecule has 142 valence electrons. The van der Waals surface area contributed by atoms with E-state index >= 15 is 0 Å². The Kier molecular flexibility index (Phi) is 3.18. The molecule has 9 heteroatoms. The molecule has 4 aliphatic rings. The van der Waals surface area contributed by atoms with Gasteiger partial charge in [0, 0.05) is 16.6 Å². The van der Waals surface area contributed by atoms with E-state index < -0.39 is 30.1 Å². The van der Waals surface area contributed by atoms with Crippen molar-refractivity contribution in [3.8, 4) is 0 Å². The number of carbonyl (C=O) groups excluding carboxylic acids is 2. The van der Waals surface area contributed by atoms with Crippen LogP contribution in [0.15, 0.2) is 35.6 Å². The molecule has 0 N–H and O–H groups in total. The van der Waals surface area contributed by atoms with Crippen molar-refractivity contribution in [1.29, 1.82) is 0 Å². The van der Waals surface area contributed by atoms with Crippen molar-refractivity contribution >= 4 is 34.0 Å². The van der Waals surface area contributed by atoms with Gasteiger partial charge >= 0.3 is 0 Å². The number of fused-ring (bicyclic) bond motifs is 8. The van der Waals surface area contributed by atoms with Crippen LogP contribution in [0.1, 0.15) is 10.4 Å². The largest absolute Gasteiger partial charge is 0.389 e. The van der Waals surface area contributed by atoms with Crippen LogP contribution in [-0.2, 0) is 19.2 Å². The number of imide groups is 1. The average molecular weight is 399 g/mol. The Labute approximate surface area is 162 Å². The zero-order valence-electron chi connectivity index (χ0n) is 14.6. The van der Waals surface area contributed by atoms with Crippen LogP contribution in [0.3, 0.4) is 0 Å². The fourth-order valence-electron chi connectivity index (χ4n) is 4.85. The van der Waals surface area contributed by atoms with Crippen LogP contribution < -0.4 is 4.90 Å². The van der Waals surface area contributed by atoms with Crippen molar-refractivity contribution in [3.63, 3.8) is 0 Å². The normalized spacial score (nSPS) is 35.2. The molecule has 1 aromatic heterocycles. The van der Waals surface area contributed by atoms with Crippen molar-refractivity contribution in [3.05, 3.63) is 46.7 Å². The summed E-state index contributed by atoms with van der Waals surface area (Å²) in [6.07, 6.45) is 0.218. The van der Waals surface area contributed by atoms with Crippen LogP contribution in [0.25, 0.3) is 0 Å². The summed E-state index contributed by atoms with van der Waals surface area (Å²) in [5.74, 6) is -2.31. The van der Waals surface area contributed by atoms with Gasteiger partial charge in [-0.3, -0.25) is 9.59 Å². The Morgan fingerprint density at radius 1 is 1.04 bits per heavy atom. The highest BCUT2D eigenvalue weighted by atomic mass is 32.1. The standard InChI is InChI=1S/C19H14FN3O4S/c1-7-6-21-19(28-7)23-17(24)10-11(18(23)25)15-16-12(14(10)26-15)13(22-27-16)8-2-4-9(20)5-3-8/h2-6,10-12,14-16H,1H3. The molecule has 0 radical (unpaired) electrons. The summed E-state index contributed by atoms with van der Waals surface area (Å²) in [5, 5.41) is 4.59. The first-order chi connectivity index (χ1) is 13.5. The van der Waals surface area contributed by atoms with E-state index in [1.807, 2.05) is 6.92 Å². The molecule has 0 spiro atoms. The summed E-state index contributed by atoms with van der Waals surface area (Å²) in [7, 11) is 0. The van der Waals surface area contributed by atoms with Gasteiger partial charge in [-0.25, -0.2) is 14.3 Å². The maximum Gasteiger partial charge on any atom is 0.242 e. The third-order valence-electron chi connectivity index (χ3n) is 5.98. The summed E-state index contributed by atoms with van der Waals surface area (Å²) in [4.78, 5) is 38.1. The third kappa shape index (κ3) is 1.95. The Hall–Kier alpha value is -2.65. The van der Waals surface area contributed by atoms with E-state index in [0.717, 1.165) is 10.4 Å². The predicted molar refractivity (Wildman–Crippen MR) is 96.3 cm³/mol. The van der Waals surface area contributed by atoms with Gasteiger partial charge < -0.3 is 9.57 Å². The topological polar surface area (TPSA) is 81.1 Å². The zero-order chi connectivity index (χ0) is 19.2. The number of aromatic nitrogens is 1. The maximum absolute atomic E-state index is 13.3. The molecule has 6 atom stereocenters. The van der Waals surface area contributed by atoms with Crippen LogP contribution in [0.5, 0.6) is 0 Å². The monoisotopic (exact) mass is 399 g/mol. The summed E-state index contributed by atoms with van der Waals surface area (Å²) in [6, 6.07) is 5.99. The summed E-state index contributed by atoms with van der Waals surface area (Å²) >= 11 is 1.32. The van der Waals surface area contributed by atoms with E-state index in [1.54, 1.807) is 18.3 Å². The van der Waals surface area contributed by atoms with Gasteiger partial charge in [0.25, 0.3) is 0 Å². The molecular weight excluding hydrogens is 385 g/mol. The fraction of sp³-hybridized carbons (Fsp3) is 0.368. The zero-order valence-corrected chi connectivity index (χ0v) is 15.4. The third-order valence-corrected chi connectivity index (χ3v) is 6.88.